The second-order valence-electron chi connectivity index (χ2n) is 3.02. The third-order valence-electron chi connectivity index (χ3n) is 2.00. The van der Waals surface area contributed by atoms with Crippen LogP contribution >= 0.6 is 0 Å². The summed E-state index contributed by atoms with van der Waals surface area (Å²) in [6, 6.07) is 0. The van der Waals surface area contributed by atoms with Crippen molar-refractivity contribution in [2.45, 2.75) is 0 Å². The number of hydrogen-bond acceptors (Lipinski definition) is 4. The number of carbonyl (C=O) groups excluding carboxylic acids is 1. The number of ether oxygens (including phenoxy) is 1. The maximum atomic E-state index is 11.4. The van der Waals surface area contributed by atoms with Crippen LogP contribution in [0, 0.1) is 0 Å². The zero-order valence-corrected chi connectivity index (χ0v) is 8.39. The van der Waals surface area contributed by atoms with E-state index in [2.05, 4.69) is 19.8 Å². The van der Waals surface area contributed by atoms with Crippen LogP contribution < -0.4 is 0 Å². The molecule has 0 spiro atoms. The first kappa shape index (κ1) is 9.45. The average molecular weight is 206 g/mol. The van der Waals surface area contributed by atoms with Crippen LogP contribution in [-0.4, -0.2) is 32.8 Å². The van der Waals surface area contributed by atoms with Gasteiger partial charge in [-0.3, -0.25) is 4.68 Å². The Balaban J connectivity index is 2.52. The first-order valence-electron chi connectivity index (χ1n) is 4.33. The molecule has 15 heavy (non-hydrogen) atoms. The molecular formula is C9H10N4O2. The summed E-state index contributed by atoms with van der Waals surface area (Å²) in [4.78, 5) is 18.2. The summed E-state index contributed by atoms with van der Waals surface area (Å²) in [6.45, 7) is 0. The Morgan fingerprint density at radius 3 is 3.00 bits per heavy atom. The normalized spacial score (nSPS) is 10.3. The summed E-state index contributed by atoms with van der Waals surface area (Å²) in [6.07, 6.45) is 4.91. The van der Waals surface area contributed by atoms with E-state index >= 15 is 0 Å². The lowest BCUT2D eigenvalue weighted by molar-refractivity contribution is 0.0594. The molecule has 2 aromatic heterocycles. The summed E-state index contributed by atoms with van der Waals surface area (Å²) in [5, 5.41) is 4.03. The summed E-state index contributed by atoms with van der Waals surface area (Å²) in [7, 11) is 3.07. The maximum absolute atomic E-state index is 11.4. The SMILES string of the molecule is COC(=O)c1nn(C)cc1-c1cnc[nH]1. The van der Waals surface area contributed by atoms with E-state index in [1.165, 1.54) is 7.11 Å². The number of aromatic amines is 1. The highest BCUT2D eigenvalue weighted by atomic mass is 16.5. The van der Waals surface area contributed by atoms with Crippen molar-refractivity contribution in [3.63, 3.8) is 0 Å². The molecule has 0 saturated carbocycles. The Morgan fingerprint density at radius 1 is 1.60 bits per heavy atom. The molecule has 78 valence electrons. The monoisotopic (exact) mass is 206 g/mol. The number of imidazole rings is 1. The van der Waals surface area contributed by atoms with Gasteiger partial charge < -0.3 is 9.72 Å². The number of nitrogens with zero attached hydrogens (tertiary/aromatic N) is 3. The molecule has 0 aliphatic carbocycles. The minimum absolute atomic E-state index is 0.282. The largest absolute Gasteiger partial charge is 0.464 e. The van der Waals surface area contributed by atoms with Crippen LogP contribution in [0.15, 0.2) is 18.7 Å². The highest BCUT2D eigenvalue weighted by molar-refractivity contribution is 5.94. The Kier molecular flexibility index (Phi) is 2.24. The standard InChI is InChI=1S/C9H10N4O2/c1-13-4-6(7-3-10-5-11-7)8(12-13)9(14)15-2/h3-5H,1-2H3,(H,10,11). The molecular weight excluding hydrogens is 196 g/mol. The van der Waals surface area contributed by atoms with Crippen molar-refractivity contribution in [1.29, 1.82) is 0 Å². The fourth-order valence-corrected chi connectivity index (χ4v) is 1.34. The van der Waals surface area contributed by atoms with E-state index in [1.54, 1.807) is 30.5 Å². The Bertz CT molecular complexity index is 472. The van der Waals surface area contributed by atoms with Crippen molar-refractivity contribution in [3.8, 4) is 11.3 Å². The van der Waals surface area contributed by atoms with Gasteiger partial charge >= 0.3 is 5.97 Å². The van der Waals surface area contributed by atoms with E-state index in [-0.39, 0.29) is 5.69 Å². The molecule has 0 saturated heterocycles. The fraction of sp³-hybridized carbons (Fsp3) is 0.222. The Labute approximate surface area is 85.9 Å². The molecule has 0 bridgehead atoms. The minimum Gasteiger partial charge on any atom is -0.464 e. The van der Waals surface area contributed by atoms with Gasteiger partial charge in [0.1, 0.15) is 0 Å². The molecule has 2 heterocycles. The highest BCUT2D eigenvalue weighted by Crippen LogP contribution is 2.20. The van der Waals surface area contributed by atoms with Gasteiger partial charge in [0.05, 0.1) is 30.9 Å². The first-order valence-corrected chi connectivity index (χ1v) is 4.33. The number of esters is 1. The van der Waals surface area contributed by atoms with Crippen LogP contribution in [0.25, 0.3) is 11.3 Å². The lowest BCUT2D eigenvalue weighted by Crippen LogP contribution is -2.04. The molecule has 0 radical (unpaired) electrons. The van der Waals surface area contributed by atoms with Crippen LogP contribution in [0.2, 0.25) is 0 Å². The lowest BCUT2D eigenvalue weighted by Gasteiger charge is -1.96. The fourth-order valence-electron chi connectivity index (χ4n) is 1.34. The van der Waals surface area contributed by atoms with Gasteiger partial charge in [-0.15, -0.1) is 0 Å². The van der Waals surface area contributed by atoms with Crippen LogP contribution in [0.3, 0.4) is 0 Å². The van der Waals surface area contributed by atoms with Gasteiger partial charge in [0, 0.05) is 13.2 Å². The molecule has 0 atom stereocenters. The second kappa shape index (κ2) is 3.56. The van der Waals surface area contributed by atoms with Gasteiger partial charge in [-0.2, -0.15) is 5.10 Å². The van der Waals surface area contributed by atoms with Crippen molar-refractivity contribution < 1.29 is 9.53 Å². The maximum Gasteiger partial charge on any atom is 0.359 e. The van der Waals surface area contributed by atoms with Crippen LogP contribution in [0.4, 0.5) is 0 Å². The minimum atomic E-state index is -0.458. The van der Waals surface area contributed by atoms with Gasteiger partial charge in [-0.1, -0.05) is 0 Å². The number of H-pyrrole nitrogens is 1. The summed E-state index contributed by atoms with van der Waals surface area (Å²) < 4.78 is 6.20. The van der Waals surface area contributed by atoms with Crippen molar-refractivity contribution in [2.75, 3.05) is 7.11 Å². The average Bonchev–Trinajstić information content (AvgIpc) is 2.84. The van der Waals surface area contributed by atoms with Crippen molar-refractivity contribution in [1.82, 2.24) is 19.7 Å². The Morgan fingerprint density at radius 2 is 2.40 bits per heavy atom. The number of carbonyl (C=O) groups is 1. The predicted molar refractivity (Wildman–Crippen MR) is 52.1 cm³/mol. The van der Waals surface area contributed by atoms with E-state index < -0.39 is 5.97 Å². The first-order chi connectivity index (χ1) is 7.22. The third kappa shape index (κ3) is 1.61. The summed E-state index contributed by atoms with van der Waals surface area (Å²) in [5.74, 6) is -0.458. The second-order valence-corrected chi connectivity index (χ2v) is 3.02. The highest BCUT2D eigenvalue weighted by Gasteiger charge is 2.18. The van der Waals surface area contributed by atoms with Gasteiger partial charge in [0.2, 0.25) is 0 Å². The number of hydrogen-bond donors (Lipinski definition) is 1. The van der Waals surface area contributed by atoms with Crippen molar-refractivity contribution >= 4 is 5.97 Å². The summed E-state index contributed by atoms with van der Waals surface area (Å²) >= 11 is 0. The van der Waals surface area contributed by atoms with Gasteiger partial charge in [-0.25, -0.2) is 9.78 Å². The summed E-state index contributed by atoms with van der Waals surface area (Å²) in [5.41, 5.74) is 1.70. The molecule has 0 aromatic carbocycles. The topological polar surface area (TPSA) is 72.8 Å². The number of methoxy groups -OCH3 is 1. The van der Waals surface area contributed by atoms with E-state index in [1.807, 2.05) is 0 Å². The molecule has 0 aliphatic rings. The molecule has 6 heteroatoms. The van der Waals surface area contributed by atoms with Crippen molar-refractivity contribution in [3.05, 3.63) is 24.4 Å². The van der Waals surface area contributed by atoms with Crippen LogP contribution in [0.1, 0.15) is 10.5 Å². The smallest absolute Gasteiger partial charge is 0.359 e. The van der Waals surface area contributed by atoms with Crippen LogP contribution in [0.5, 0.6) is 0 Å². The number of aromatic nitrogens is 4. The van der Waals surface area contributed by atoms with E-state index in [0.717, 1.165) is 5.69 Å². The number of rotatable bonds is 2. The van der Waals surface area contributed by atoms with Crippen LogP contribution in [-0.2, 0) is 11.8 Å². The van der Waals surface area contributed by atoms with E-state index in [9.17, 15) is 4.79 Å². The molecule has 0 unspecified atom stereocenters. The molecule has 1 N–H and O–H groups in total. The van der Waals surface area contributed by atoms with E-state index in [0.29, 0.717) is 5.56 Å². The Hall–Kier alpha value is -2.11. The quantitative estimate of drug-likeness (QED) is 0.730. The molecule has 0 amide bonds. The van der Waals surface area contributed by atoms with Crippen molar-refractivity contribution in [2.24, 2.45) is 7.05 Å². The number of aryl methyl sites for hydroxylation is 1. The lowest BCUT2D eigenvalue weighted by atomic mass is 10.2. The molecule has 2 rings (SSSR count). The van der Waals surface area contributed by atoms with Gasteiger partial charge in [0.25, 0.3) is 0 Å². The molecule has 0 aliphatic heterocycles. The molecule has 2 aromatic rings. The zero-order chi connectivity index (χ0) is 10.8. The molecule has 6 nitrogen and oxygen atoms in total. The van der Waals surface area contributed by atoms with E-state index in [4.69, 9.17) is 0 Å². The van der Waals surface area contributed by atoms with Gasteiger partial charge in [-0.05, 0) is 0 Å². The van der Waals surface area contributed by atoms with Gasteiger partial charge in [0.15, 0.2) is 5.69 Å². The predicted octanol–water partition coefficient (Wildman–Crippen LogP) is 0.597. The zero-order valence-electron chi connectivity index (χ0n) is 8.39. The molecule has 0 fully saturated rings. The third-order valence-corrected chi connectivity index (χ3v) is 2.00. The number of nitrogens with one attached hydrogen (secondary N) is 1.